The van der Waals surface area contributed by atoms with Gasteiger partial charge in [0.1, 0.15) is 11.9 Å². The van der Waals surface area contributed by atoms with Crippen LogP contribution >= 0.6 is 0 Å². The van der Waals surface area contributed by atoms with E-state index in [1.54, 1.807) is 0 Å². The smallest absolute Gasteiger partial charge is 0.123 e. The molecule has 2 unspecified atom stereocenters. The number of fused-ring (bicyclic) bond motifs is 1. The highest BCUT2D eigenvalue weighted by atomic mass is 16.5. The second-order valence-corrected chi connectivity index (χ2v) is 5.19. The summed E-state index contributed by atoms with van der Waals surface area (Å²) >= 11 is 0. The first-order chi connectivity index (χ1) is 8.83. The predicted octanol–water partition coefficient (Wildman–Crippen LogP) is 3.55. The zero-order valence-corrected chi connectivity index (χ0v) is 11.6. The van der Waals surface area contributed by atoms with Gasteiger partial charge in [-0.2, -0.15) is 0 Å². The third-order valence-electron chi connectivity index (χ3n) is 3.73. The Kier molecular flexibility index (Phi) is 5.06. The summed E-state index contributed by atoms with van der Waals surface area (Å²) in [6.45, 7) is 5.61. The molecule has 1 aliphatic rings. The van der Waals surface area contributed by atoms with Gasteiger partial charge < -0.3 is 10.1 Å². The molecule has 0 aromatic heterocycles. The van der Waals surface area contributed by atoms with Crippen LogP contribution in [0.1, 0.15) is 45.1 Å². The first kappa shape index (κ1) is 13.4. The minimum Gasteiger partial charge on any atom is -0.490 e. The molecule has 1 aromatic carbocycles. The van der Waals surface area contributed by atoms with Crippen LogP contribution in [-0.4, -0.2) is 18.7 Å². The number of rotatable bonds is 7. The molecule has 100 valence electrons. The summed E-state index contributed by atoms with van der Waals surface area (Å²) in [5, 5.41) is 3.61. The molecule has 1 heterocycles. The van der Waals surface area contributed by atoms with Crippen molar-refractivity contribution in [3.05, 3.63) is 29.8 Å². The Morgan fingerprint density at radius 2 is 2.17 bits per heavy atom. The molecule has 1 aromatic rings. The average Bonchev–Trinajstić information content (AvgIpc) is 2.81. The van der Waals surface area contributed by atoms with E-state index < -0.39 is 0 Å². The molecule has 2 rings (SSSR count). The van der Waals surface area contributed by atoms with Crippen LogP contribution in [0.5, 0.6) is 5.75 Å². The summed E-state index contributed by atoms with van der Waals surface area (Å²) < 4.78 is 5.98. The summed E-state index contributed by atoms with van der Waals surface area (Å²) in [6, 6.07) is 9.07. The molecule has 0 saturated heterocycles. The van der Waals surface area contributed by atoms with Crippen LogP contribution in [-0.2, 0) is 6.42 Å². The maximum atomic E-state index is 5.98. The molecular formula is C16H25NO. The Labute approximate surface area is 111 Å². The number of benzene rings is 1. The zero-order chi connectivity index (χ0) is 12.8. The number of ether oxygens (including phenoxy) is 1. The van der Waals surface area contributed by atoms with Crippen molar-refractivity contribution >= 4 is 0 Å². The number of hydrogen-bond donors (Lipinski definition) is 1. The monoisotopic (exact) mass is 247 g/mol. The fraction of sp³-hybridized carbons (Fsp3) is 0.625. The fourth-order valence-electron chi connectivity index (χ4n) is 2.60. The molecule has 2 heteroatoms. The van der Waals surface area contributed by atoms with Gasteiger partial charge >= 0.3 is 0 Å². The van der Waals surface area contributed by atoms with E-state index in [9.17, 15) is 0 Å². The van der Waals surface area contributed by atoms with Gasteiger partial charge in [-0.3, -0.25) is 0 Å². The van der Waals surface area contributed by atoms with E-state index >= 15 is 0 Å². The molecule has 0 radical (unpaired) electrons. The van der Waals surface area contributed by atoms with Crippen LogP contribution < -0.4 is 10.1 Å². The molecule has 0 spiro atoms. The van der Waals surface area contributed by atoms with E-state index in [4.69, 9.17) is 4.74 Å². The van der Waals surface area contributed by atoms with E-state index in [0.29, 0.717) is 12.1 Å². The molecular weight excluding hydrogens is 222 g/mol. The van der Waals surface area contributed by atoms with Crippen molar-refractivity contribution in [2.24, 2.45) is 0 Å². The van der Waals surface area contributed by atoms with Crippen LogP contribution in [0.4, 0.5) is 0 Å². The van der Waals surface area contributed by atoms with Gasteiger partial charge in [0.05, 0.1) is 0 Å². The van der Waals surface area contributed by atoms with E-state index in [1.165, 1.54) is 24.8 Å². The van der Waals surface area contributed by atoms with Crippen molar-refractivity contribution in [2.45, 2.75) is 58.1 Å². The molecule has 2 nitrogen and oxygen atoms in total. The quantitative estimate of drug-likeness (QED) is 0.795. The summed E-state index contributed by atoms with van der Waals surface area (Å²) in [5.74, 6) is 1.09. The fourth-order valence-corrected chi connectivity index (χ4v) is 2.60. The van der Waals surface area contributed by atoms with E-state index in [2.05, 4.69) is 43.4 Å². The van der Waals surface area contributed by atoms with Crippen LogP contribution in [0, 0.1) is 0 Å². The topological polar surface area (TPSA) is 21.3 Å². The molecule has 1 N–H and O–H groups in total. The van der Waals surface area contributed by atoms with Crippen molar-refractivity contribution < 1.29 is 4.74 Å². The van der Waals surface area contributed by atoms with Crippen molar-refractivity contribution in [1.82, 2.24) is 5.32 Å². The van der Waals surface area contributed by atoms with E-state index in [0.717, 1.165) is 25.1 Å². The second-order valence-electron chi connectivity index (χ2n) is 5.19. The lowest BCUT2D eigenvalue weighted by Crippen LogP contribution is -2.30. The second kappa shape index (κ2) is 6.79. The minimum absolute atomic E-state index is 0.389. The van der Waals surface area contributed by atoms with Crippen LogP contribution in [0.3, 0.4) is 0 Å². The maximum Gasteiger partial charge on any atom is 0.123 e. The third-order valence-corrected chi connectivity index (χ3v) is 3.73. The van der Waals surface area contributed by atoms with Gasteiger partial charge in [-0.15, -0.1) is 0 Å². The first-order valence-corrected chi connectivity index (χ1v) is 7.31. The Hall–Kier alpha value is -1.02. The number of para-hydroxylation sites is 1. The highest BCUT2D eigenvalue weighted by Gasteiger charge is 2.22. The van der Waals surface area contributed by atoms with Gasteiger partial charge in [0.25, 0.3) is 0 Å². The van der Waals surface area contributed by atoms with Gasteiger partial charge in [0.15, 0.2) is 0 Å². The molecule has 18 heavy (non-hydrogen) atoms. The Bertz CT molecular complexity index is 339. The third kappa shape index (κ3) is 3.49. The maximum absolute atomic E-state index is 5.98. The highest BCUT2D eigenvalue weighted by Crippen LogP contribution is 2.30. The lowest BCUT2D eigenvalue weighted by atomic mass is 10.0. The van der Waals surface area contributed by atoms with Crippen LogP contribution in [0.15, 0.2) is 24.3 Å². The summed E-state index contributed by atoms with van der Waals surface area (Å²) in [4.78, 5) is 0. The van der Waals surface area contributed by atoms with Crippen molar-refractivity contribution in [1.29, 1.82) is 0 Å². The van der Waals surface area contributed by atoms with E-state index in [1.807, 2.05) is 0 Å². The lowest BCUT2D eigenvalue weighted by Gasteiger charge is -2.18. The summed E-state index contributed by atoms with van der Waals surface area (Å²) in [7, 11) is 0. The van der Waals surface area contributed by atoms with Crippen molar-refractivity contribution in [3.8, 4) is 5.75 Å². The molecule has 2 atom stereocenters. The molecule has 0 saturated carbocycles. The van der Waals surface area contributed by atoms with Gasteiger partial charge in [0, 0.05) is 12.5 Å². The summed E-state index contributed by atoms with van der Waals surface area (Å²) in [6.07, 6.45) is 6.26. The Morgan fingerprint density at radius 1 is 1.33 bits per heavy atom. The predicted molar refractivity (Wildman–Crippen MR) is 76.2 cm³/mol. The van der Waals surface area contributed by atoms with Crippen LogP contribution in [0.2, 0.25) is 0 Å². The van der Waals surface area contributed by atoms with Crippen molar-refractivity contribution in [2.75, 3.05) is 6.54 Å². The largest absolute Gasteiger partial charge is 0.490 e. The Balaban J connectivity index is 1.75. The number of nitrogens with one attached hydrogen (secondary N) is 1. The first-order valence-electron chi connectivity index (χ1n) is 7.31. The van der Waals surface area contributed by atoms with Crippen molar-refractivity contribution in [3.63, 3.8) is 0 Å². The normalized spacial score (nSPS) is 19.3. The standard InChI is InChI=1S/C16H25NO/c1-3-11-17-14(4-2)9-10-15-12-13-7-5-6-8-16(13)18-15/h5-8,14-15,17H,3-4,9-12H2,1-2H3. The Morgan fingerprint density at radius 3 is 2.89 bits per heavy atom. The molecule has 0 bridgehead atoms. The molecule has 0 aliphatic carbocycles. The van der Waals surface area contributed by atoms with E-state index in [-0.39, 0.29) is 0 Å². The SMILES string of the molecule is CCCNC(CC)CCC1Cc2ccccc2O1. The summed E-state index contributed by atoms with van der Waals surface area (Å²) in [5.41, 5.74) is 1.37. The van der Waals surface area contributed by atoms with Gasteiger partial charge in [-0.25, -0.2) is 0 Å². The van der Waals surface area contributed by atoms with Gasteiger partial charge in [0.2, 0.25) is 0 Å². The van der Waals surface area contributed by atoms with Gasteiger partial charge in [-0.1, -0.05) is 32.0 Å². The lowest BCUT2D eigenvalue weighted by molar-refractivity contribution is 0.210. The molecule has 1 aliphatic heterocycles. The minimum atomic E-state index is 0.389. The van der Waals surface area contributed by atoms with Crippen LogP contribution in [0.25, 0.3) is 0 Å². The zero-order valence-electron chi connectivity index (χ0n) is 11.6. The average molecular weight is 247 g/mol. The highest BCUT2D eigenvalue weighted by molar-refractivity contribution is 5.37. The molecule has 0 amide bonds. The van der Waals surface area contributed by atoms with Gasteiger partial charge in [-0.05, 0) is 43.9 Å². The number of hydrogen-bond acceptors (Lipinski definition) is 2. The molecule has 0 fully saturated rings.